The molecule has 8 heteroatoms. The van der Waals surface area contributed by atoms with Gasteiger partial charge in [0.1, 0.15) is 11.6 Å². The molecule has 0 aliphatic carbocycles. The molecule has 1 heterocycles. The van der Waals surface area contributed by atoms with E-state index in [1.54, 1.807) is 13.1 Å². The molecule has 0 saturated carbocycles. The summed E-state index contributed by atoms with van der Waals surface area (Å²) >= 11 is 1.38. The molecule has 0 amide bonds. The lowest BCUT2D eigenvalue weighted by atomic mass is 10.2. The van der Waals surface area contributed by atoms with Gasteiger partial charge in [-0.05, 0) is 30.5 Å². The smallest absolute Gasteiger partial charge is 0.373 e. The lowest BCUT2D eigenvalue weighted by Gasteiger charge is -2.10. The summed E-state index contributed by atoms with van der Waals surface area (Å²) in [5, 5.41) is 6.43. The topological polar surface area (TPSA) is 49.8 Å². The molecule has 2 rings (SSSR count). The van der Waals surface area contributed by atoms with Crippen LogP contribution in [0.1, 0.15) is 5.56 Å². The Kier molecular flexibility index (Phi) is 4.56. The van der Waals surface area contributed by atoms with Gasteiger partial charge in [-0.2, -0.15) is 13.2 Å². The molecule has 0 saturated heterocycles. The minimum Gasteiger partial charge on any atom is -0.373 e. The SMILES string of the molecule is CNc1cc(Nc2ccc(C(F)(F)F)cc2)nc(SC)n1. The van der Waals surface area contributed by atoms with Gasteiger partial charge in [-0.15, -0.1) is 0 Å². The summed E-state index contributed by atoms with van der Waals surface area (Å²) in [6.45, 7) is 0. The number of aromatic nitrogens is 2. The van der Waals surface area contributed by atoms with Crippen molar-refractivity contribution in [3.8, 4) is 0 Å². The molecule has 0 fully saturated rings. The Hall–Kier alpha value is -1.96. The Balaban J connectivity index is 2.22. The molecule has 1 aromatic carbocycles. The number of hydrogen-bond donors (Lipinski definition) is 2. The normalized spacial score (nSPS) is 11.3. The molecular formula is C13H13F3N4S. The van der Waals surface area contributed by atoms with Gasteiger partial charge in [0.2, 0.25) is 0 Å². The van der Waals surface area contributed by atoms with Gasteiger partial charge >= 0.3 is 6.18 Å². The fourth-order valence-electron chi connectivity index (χ4n) is 1.60. The van der Waals surface area contributed by atoms with Gasteiger partial charge in [-0.1, -0.05) is 11.8 Å². The van der Waals surface area contributed by atoms with E-state index in [-0.39, 0.29) is 0 Å². The lowest BCUT2D eigenvalue weighted by molar-refractivity contribution is -0.137. The van der Waals surface area contributed by atoms with Crippen molar-refractivity contribution in [2.45, 2.75) is 11.3 Å². The van der Waals surface area contributed by atoms with Crippen molar-refractivity contribution in [2.75, 3.05) is 23.9 Å². The maximum atomic E-state index is 12.5. The van der Waals surface area contributed by atoms with E-state index in [9.17, 15) is 13.2 Å². The molecule has 2 N–H and O–H groups in total. The van der Waals surface area contributed by atoms with E-state index in [1.165, 1.54) is 23.9 Å². The molecule has 0 aliphatic rings. The van der Waals surface area contributed by atoms with E-state index < -0.39 is 11.7 Å². The largest absolute Gasteiger partial charge is 0.416 e. The Bertz CT molecular complexity index is 592. The maximum Gasteiger partial charge on any atom is 0.416 e. The van der Waals surface area contributed by atoms with Crippen LogP contribution in [0.3, 0.4) is 0 Å². The van der Waals surface area contributed by atoms with Crippen molar-refractivity contribution in [2.24, 2.45) is 0 Å². The summed E-state index contributed by atoms with van der Waals surface area (Å²) in [6.07, 6.45) is -2.49. The van der Waals surface area contributed by atoms with Gasteiger partial charge in [0.25, 0.3) is 0 Å². The molecule has 0 radical (unpaired) electrons. The highest BCUT2D eigenvalue weighted by atomic mass is 32.2. The predicted molar refractivity (Wildman–Crippen MR) is 78.1 cm³/mol. The molecule has 1 aromatic heterocycles. The first kappa shape index (κ1) is 15.4. The van der Waals surface area contributed by atoms with Crippen molar-refractivity contribution in [3.63, 3.8) is 0 Å². The van der Waals surface area contributed by atoms with E-state index in [4.69, 9.17) is 0 Å². The number of benzene rings is 1. The Labute approximate surface area is 124 Å². The summed E-state index contributed by atoms with van der Waals surface area (Å²) in [4.78, 5) is 8.46. The van der Waals surface area contributed by atoms with Gasteiger partial charge in [-0.25, -0.2) is 9.97 Å². The molecule has 0 aliphatic heterocycles. The predicted octanol–water partition coefficient (Wildman–Crippen LogP) is 4.00. The van der Waals surface area contributed by atoms with E-state index in [0.717, 1.165) is 12.1 Å². The molecular weight excluding hydrogens is 301 g/mol. The highest BCUT2D eigenvalue weighted by Gasteiger charge is 2.29. The van der Waals surface area contributed by atoms with Crippen LogP contribution in [0.5, 0.6) is 0 Å². The molecule has 0 spiro atoms. The number of alkyl halides is 3. The average Bonchev–Trinajstić information content (AvgIpc) is 2.46. The minimum absolute atomic E-state index is 0.512. The second-order valence-corrected chi connectivity index (χ2v) is 4.85. The zero-order valence-corrected chi connectivity index (χ0v) is 12.1. The van der Waals surface area contributed by atoms with Crippen LogP contribution < -0.4 is 10.6 Å². The molecule has 2 aromatic rings. The first-order valence-electron chi connectivity index (χ1n) is 5.97. The quantitative estimate of drug-likeness (QED) is 0.660. The van der Waals surface area contributed by atoms with Gasteiger partial charge < -0.3 is 10.6 Å². The van der Waals surface area contributed by atoms with Crippen LogP contribution >= 0.6 is 11.8 Å². The first-order chi connectivity index (χ1) is 9.92. The third-order valence-electron chi connectivity index (χ3n) is 2.63. The van der Waals surface area contributed by atoms with E-state index in [1.807, 2.05) is 6.26 Å². The molecule has 21 heavy (non-hydrogen) atoms. The number of halogens is 3. The monoisotopic (exact) mass is 314 g/mol. The molecule has 0 unspecified atom stereocenters. The third-order valence-corrected chi connectivity index (χ3v) is 3.18. The third kappa shape index (κ3) is 4.01. The molecule has 4 nitrogen and oxygen atoms in total. The second kappa shape index (κ2) is 6.21. The number of nitrogens with one attached hydrogen (secondary N) is 2. The zero-order chi connectivity index (χ0) is 15.5. The van der Waals surface area contributed by atoms with Crippen molar-refractivity contribution in [1.82, 2.24) is 9.97 Å². The minimum atomic E-state index is -4.33. The lowest BCUT2D eigenvalue weighted by Crippen LogP contribution is -2.05. The van der Waals surface area contributed by atoms with Crippen LogP contribution in [0.15, 0.2) is 35.5 Å². The van der Waals surface area contributed by atoms with Crippen LogP contribution in [-0.4, -0.2) is 23.3 Å². The number of anilines is 3. The standard InChI is InChI=1S/C13H13F3N4S/c1-17-10-7-11(20-12(19-10)21-2)18-9-5-3-8(4-6-9)13(14,15)16/h3-7H,1-2H3,(H2,17,18,19,20). The summed E-state index contributed by atoms with van der Waals surface area (Å²) in [6, 6.07) is 6.46. The fraction of sp³-hybridized carbons (Fsp3) is 0.231. The van der Waals surface area contributed by atoms with Gasteiger partial charge in [0.05, 0.1) is 5.56 Å². The van der Waals surface area contributed by atoms with Crippen LogP contribution in [0.2, 0.25) is 0 Å². The van der Waals surface area contributed by atoms with Gasteiger partial charge in [0, 0.05) is 18.8 Å². The van der Waals surface area contributed by atoms with Crippen molar-refractivity contribution in [1.29, 1.82) is 0 Å². The Morgan fingerprint density at radius 2 is 1.67 bits per heavy atom. The van der Waals surface area contributed by atoms with Crippen LogP contribution in [0.4, 0.5) is 30.5 Å². The molecule has 0 bridgehead atoms. The van der Waals surface area contributed by atoms with Crippen LogP contribution in [0, 0.1) is 0 Å². The summed E-state index contributed by atoms with van der Waals surface area (Å²) < 4.78 is 37.5. The fourth-order valence-corrected chi connectivity index (χ4v) is 1.98. The average molecular weight is 314 g/mol. The second-order valence-electron chi connectivity index (χ2n) is 4.08. The highest BCUT2D eigenvalue weighted by Crippen LogP contribution is 2.30. The van der Waals surface area contributed by atoms with Gasteiger partial charge in [0.15, 0.2) is 5.16 Å². The zero-order valence-electron chi connectivity index (χ0n) is 11.3. The Morgan fingerprint density at radius 1 is 1.05 bits per heavy atom. The highest BCUT2D eigenvalue weighted by molar-refractivity contribution is 7.98. The number of thioether (sulfide) groups is 1. The van der Waals surface area contributed by atoms with Gasteiger partial charge in [-0.3, -0.25) is 0 Å². The van der Waals surface area contributed by atoms with E-state index in [0.29, 0.717) is 22.5 Å². The van der Waals surface area contributed by atoms with E-state index >= 15 is 0 Å². The molecule has 0 atom stereocenters. The number of rotatable bonds is 4. The maximum absolute atomic E-state index is 12.5. The van der Waals surface area contributed by atoms with E-state index in [2.05, 4.69) is 20.6 Å². The number of hydrogen-bond acceptors (Lipinski definition) is 5. The summed E-state index contributed by atoms with van der Waals surface area (Å²) in [5.74, 6) is 1.14. The molecule has 112 valence electrons. The van der Waals surface area contributed by atoms with Crippen molar-refractivity contribution in [3.05, 3.63) is 35.9 Å². The Morgan fingerprint density at radius 3 is 2.19 bits per heavy atom. The van der Waals surface area contributed by atoms with Crippen molar-refractivity contribution >= 4 is 29.1 Å². The van der Waals surface area contributed by atoms with Crippen LogP contribution in [0.25, 0.3) is 0 Å². The summed E-state index contributed by atoms with van der Waals surface area (Å²) in [5.41, 5.74) is -0.160. The van der Waals surface area contributed by atoms with Crippen LogP contribution in [-0.2, 0) is 6.18 Å². The first-order valence-corrected chi connectivity index (χ1v) is 7.20. The summed E-state index contributed by atoms with van der Waals surface area (Å²) in [7, 11) is 1.73. The van der Waals surface area contributed by atoms with Crippen molar-refractivity contribution < 1.29 is 13.2 Å². The number of nitrogens with zero attached hydrogens (tertiary/aromatic N) is 2.